The zero-order chi connectivity index (χ0) is 17.8. The summed E-state index contributed by atoms with van der Waals surface area (Å²) in [7, 11) is 0. The second-order valence-electron chi connectivity index (χ2n) is 5.88. The summed E-state index contributed by atoms with van der Waals surface area (Å²) >= 11 is 1.36. The van der Waals surface area contributed by atoms with Crippen LogP contribution in [-0.2, 0) is 11.4 Å². The first kappa shape index (κ1) is 17.3. The number of carbonyl (C=O) groups is 2. The van der Waals surface area contributed by atoms with Gasteiger partial charge in [-0.1, -0.05) is 0 Å². The van der Waals surface area contributed by atoms with Crippen molar-refractivity contribution in [3.63, 3.8) is 0 Å². The summed E-state index contributed by atoms with van der Waals surface area (Å²) in [6, 6.07) is 3.75. The number of aromatic nitrogens is 2. The monoisotopic (exact) mass is 360 g/mol. The maximum absolute atomic E-state index is 12.7. The summed E-state index contributed by atoms with van der Waals surface area (Å²) in [4.78, 5) is 36.2. The summed E-state index contributed by atoms with van der Waals surface area (Å²) in [5, 5.41) is 0.757. The van der Waals surface area contributed by atoms with Crippen molar-refractivity contribution >= 4 is 23.7 Å². The molecule has 0 aromatic carbocycles. The quantitative estimate of drug-likeness (QED) is 0.758. The number of pyridine rings is 1. The van der Waals surface area contributed by atoms with Gasteiger partial charge in [0.15, 0.2) is 0 Å². The lowest BCUT2D eigenvalue weighted by molar-refractivity contribution is -0.119. The molecule has 2 aromatic rings. The fourth-order valence-electron chi connectivity index (χ4n) is 2.57. The Labute approximate surface area is 150 Å². The van der Waals surface area contributed by atoms with Crippen molar-refractivity contribution in [1.82, 2.24) is 19.8 Å². The van der Waals surface area contributed by atoms with Crippen molar-refractivity contribution in [3.8, 4) is 5.75 Å². The summed E-state index contributed by atoms with van der Waals surface area (Å²) < 4.78 is 5.68. The molecule has 2 aromatic heterocycles. The van der Waals surface area contributed by atoms with Crippen LogP contribution in [0, 0.1) is 13.8 Å². The number of amides is 2. The van der Waals surface area contributed by atoms with Gasteiger partial charge in [0, 0.05) is 31.9 Å². The molecule has 0 atom stereocenters. The van der Waals surface area contributed by atoms with Crippen LogP contribution in [0.5, 0.6) is 5.75 Å². The molecule has 132 valence electrons. The second kappa shape index (κ2) is 7.60. The fraction of sp³-hybridized carbons (Fsp3) is 0.412. The van der Waals surface area contributed by atoms with Crippen LogP contribution in [0.15, 0.2) is 18.3 Å². The third-order valence-electron chi connectivity index (χ3n) is 4.03. The molecule has 8 heteroatoms. The maximum Gasteiger partial charge on any atom is 0.265 e. The molecule has 1 aliphatic rings. The van der Waals surface area contributed by atoms with E-state index >= 15 is 0 Å². The van der Waals surface area contributed by atoms with Crippen LogP contribution < -0.4 is 4.74 Å². The van der Waals surface area contributed by atoms with E-state index in [1.165, 1.54) is 11.3 Å². The highest BCUT2D eigenvalue weighted by Gasteiger charge is 2.25. The molecular formula is C17H20N4O3S. The highest BCUT2D eigenvalue weighted by molar-refractivity contribution is 7.13. The van der Waals surface area contributed by atoms with E-state index in [1.54, 1.807) is 16.0 Å². The first-order valence-electron chi connectivity index (χ1n) is 8.07. The SMILES string of the molecule is Cc1ccc(OCc2nc(C)c(C(=O)N3CCN(C=O)CC3)s2)cn1. The van der Waals surface area contributed by atoms with Crippen LogP contribution in [0.1, 0.15) is 26.1 Å². The van der Waals surface area contributed by atoms with E-state index in [0.29, 0.717) is 49.1 Å². The molecule has 25 heavy (non-hydrogen) atoms. The summed E-state index contributed by atoms with van der Waals surface area (Å²) in [6.07, 6.45) is 2.50. The van der Waals surface area contributed by atoms with E-state index in [0.717, 1.165) is 17.1 Å². The van der Waals surface area contributed by atoms with Gasteiger partial charge in [-0.2, -0.15) is 0 Å². The lowest BCUT2D eigenvalue weighted by Crippen LogP contribution is -2.48. The number of hydrogen-bond donors (Lipinski definition) is 0. The molecule has 3 heterocycles. The Bertz CT molecular complexity index is 752. The minimum atomic E-state index is -0.0243. The molecular weight excluding hydrogens is 340 g/mol. The standard InChI is InChI=1S/C17H20N4O3S/c1-12-3-4-14(9-18-12)24-10-15-19-13(2)16(25-15)17(23)21-7-5-20(11-22)6-8-21/h3-4,9,11H,5-8,10H2,1-2H3. The first-order valence-corrected chi connectivity index (χ1v) is 8.89. The number of thiazole rings is 1. The fourth-order valence-corrected chi connectivity index (χ4v) is 3.52. The third-order valence-corrected chi connectivity index (χ3v) is 5.15. The lowest BCUT2D eigenvalue weighted by atomic mass is 10.3. The first-order chi connectivity index (χ1) is 12.1. The van der Waals surface area contributed by atoms with Gasteiger partial charge in [0.25, 0.3) is 5.91 Å². The summed E-state index contributed by atoms with van der Waals surface area (Å²) in [5.74, 6) is 0.653. The average Bonchev–Trinajstić information content (AvgIpc) is 3.01. The van der Waals surface area contributed by atoms with Gasteiger partial charge in [0.1, 0.15) is 22.2 Å². The Morgan fingerprint density at radius 2 is 2.04 bits per heavy atom. The molecule has 0 bridgehead atoms. The Hall–Kier alpha value is -2.48. The van der Waals surface area contributed by atoms with Gasteiger partial charge in [0.2, 0.25) is 6.41 Å². The number of piperazine rings is 1. The maximum atomic E-state index is 12.7. The van der Waals surface area contributed by atoms with Crippen molar-refractivity contribution in [1.29, 1.82) is 0 Å². The molecule has 1 aliphatic heterocycles. The highest BCUT2D eigenvalue weighted by Crippen LogP contribution is 2.22. The van der Waals surface area contributed by atoms with Crippen molar-refractivity contribution in [2.75, 3.05) is 26.2 Å². The van der Waals surface area contributed by atoms with Crippen LogP contribution in [0.3, 0.4) is 0 Å². The summed E-state index contributed by atoms with van der Waals surface area (Å²) in [6.45, 7) is 6.31. The van der Waals surface area contributed by atoms with Crippen LogP contribution in [0.4, 0.5) is 0 Å². The molecule has 1 saturated heterocycles. The van der Waals surface area contributed by atoms with Crippen LogP contribution in [-0.4, -0.2) is 58.3 Å². The minimum absolute atomic E-state index is 0.0243. The molecule has 0 spiro atoms. The molecule has 0 N–H and O–H groups in total. The highest BCUT2D eigenvalue weighted by atomic mass is 32.1. The molecule has 1 fully saturated rings. The second-order valence-corrected chi connectivity index (χ2v) is 6.96. The summed E-state index contributed by atoms with van der Waals surface area (Å²) in [5.41, 5.74) is 1.65. The van der Waals surface area contributed by atoms with Gasteiger partial charge in [-0.15, -0.1) is 11.3 Å². The number of aryl methyl sites for hydroxylation is 2. The molecule has 0 radical (unpaired) electrons. The van der Waals surface area contributed by atoms with E-state index in [1.807, 2.05) is 26.0 Å². The third kappa shape index (κ3) is 4.14. The molecule has 0 aliphatic carbocycles. The molecule has 0 saturated carbocycles. The zero-order valence-corrected chi connectivity index (χ0v) is 15.1. The van der Waals surface area contributed by atoms with Gasteiger partial charge in [0.05, 0.1) is 11.9 Å². The molecule has 7 nitrogen and oxygen atoms in total. The Kier molecular flexibility index (Phi) is 5.28. The van der Waals surface area contributed by atoms with Gasteiger partial charge in [-0.3, -0.25) is 14.6 Å². The van der Waals surface area contributed by atoms with Gasteiger partial charge in [-0.25, -0.2) is 4.98 Å². The van der Waals surface area contributed by atoms with Crippen LogP contribution >= 0.6 is 11.3 Å². The topological polar surface area (TPSA) is 75.6 Å². The van der Waals surface area contributed by atoms with Gasteiger partial charge >= 0.3 is 0 Å². The number of hydrogen-bond acceptors (Lipinski definition) is 6. The van der Waals surface area contributed by atoms with Crippen molar-refractivity contribution in [2.24, 2.45) is 0 Å². The number of ether oxygens (including phenoxy) is 1. The van der Waals surface area contributed by atoms with E-state index in [9.17, 15) is 9.59 Å². The number of rotatable bonds is 5. The van der Waals surface area contributed by atoms with Crippen LogP contribution in [0.2, 0.25) is 0 Å². The van der Waals surface area contributed by atoms with Crippen LogP contribution in [0.25, 0.3) is 0 Å². The van der Waals surface area contributed by atoms with E-state index in [-0.39, 0.29) is 5.91 Å². The predicted octanol–water partition coefficient (Wildman–Crippen LogP) is 1.65. The van der Waals surface area contributed by atoms with E-state index < -0.39 is 0 Å². The van der Waals surface area contributed by atoms with E-state index in [4.69, 9.17) is 4.74 Å². The van der Waals surface area contributed by atoms with E-state index in [2.05, 4.69) is 9.97 Å². The van der Waals surface area contributed by atoms with Crippen molar-refractivity contribution in [3.05, 3.63) is 39.6 Å². The molecule has 0 unspecified atom stereocenters. The zero-order valence-electron chi connectivity index (χ0n) is 14.3. The largest absolute Gasteiger partial charge is 0.485 e. The number of carbonyl (C=O) groups excluding carboxylic acids is 2. The molecule has 2 amide bonds. The van der Waals surface area contributed by atoms with Crippen molar-refractivity contribution < 1.29 is 14.3 Å². The Morgan fingerprint density at radius 1 is 1.28 bits per heavy atom. The van der Waals surface area contributed by atoms with Gasteiger partial charge < -0.3 is 14.5 Å². The Morgan fingerprint density at radius 3 is 2.68 bits per heavy atom. The Balaban J connectivity index is 1.62. The smallest absolute Gasteiger partial charge is 0.265 e. The molecule has 3 rings (SSSR count). The normalized spacial score (nSPS) is 14.5. The predicted molar refractivity (Wildman–Crippen MR) is 93.7 cm³/mol. The van der Waals surface area contributed by atoms with Gasteiger partial charge in [-0.05, 0) is 26.0 Å². The minimum Gasteiger partial charge on any atom is -0.485 e. The van der Waals surface area contributed by atoms with Crippen molar-refractivity contribution in [2.45, 2.75) is 20.5 Å². The lowest BCUT2D eigenvalue weighted by Gasteiger charge is -2.32. The number of nitrogens with zero attached hydrogens (tertiary/aromatic N) is 4. The average molecular weight is 360 g/mol.